The summed E-state index contributed by atoms with van der Waals surface area (Å²) in [6, 6.07) is 17.6. The molecule has 0 fully saturated rings. The normalized spacial score (nSPS) is 12.2. The molecule has 1 unspecified atom stereocenters. The number of ether oxygens (including phenoxy) is 1. The van der Waals surface area contributed by atoms with Crippen LogP contribution in [0.3, 0.4) is 0 Å². The number of aliphatic imine (C=N–C) groups is 1. The maximum atomic E-state index is 8.99. The number of hydrogen-bond donors (Lipinski definition) is 2. The number of nitriles is 1. The van der Waals surface area contributed by atoms with Crippen LogP contribution < -0.4 is 15.4 Å². The Morgan fingerprint density at radius 1 is 1.19 bits per heavy atom. The van der Waals surface area contributed by atoms with Crippen molar-refractivity contribution in [1.82, 2.24) is 10.6 Å². The highest BCUT2D eigenvalue weighted by Crippen LogP contribution is 2.17. The van der Waals surface area contributed by atoms with Crippen molar-refractivity contribution in [2.24, 2.45) is 4.99 Å². The van der Waals surface area contributed by atoms with Gasteiger partial charge in [0, 0.05) is 6.54 Å². The van der Waals surface area contributed by atoms with Gasteiger partial charge in [0.2, 0.25) is 0 Å². The molecule has 0 amide bonds. The van der Waals surface area contributed by atoms with Crippen molar-refractivity contribution in [2.75, 3.05) is 13.1 Å². The van der Waals surface area contributed by atoms with E-state index in [1.54, 1.807) is 6.07 Å². The van der Waals surface area contributed by atoms with Gasteiger partial charge in [-0.25, -0.2) is 4.99 Å². The number of hydrogen-bond acceptors (Lipinski definition) is 3. The van der Waals surface area contributed by atoms with Crippen LogP contribution in [0.15, 0.2) is 53.5 Å². The highest BCUT2D eigenvalue weighted by Gasteiger charge is 2.07. The topological polar surface area (TPSA) is 69.4 Å². The van der Waals surface area contributed by atoms with Crippen LogP contribution in [-0.4, -0.2) is 25.2 Å². The Kier molecular flexibility index (Phi) is 7.50. The summed E-state index contributed by atoms with van der Waals surface area (Å²) in [5.41, 5.74) is 2.78. The number of benzene rings is 2. The van der Waals surface area contributed by atoms with Crippen molar-refractivity contribution in [3.63, 3.8) is 0 Å². The number of para-hydroxylation sites is 1. The van der Waals surface area contributed by atoms with E-state index in [1.807, 2.05) is 63.2 Å². The molecule has 2 rings (SSSR count). The first kappa shape index (κ1) is 19.3. The second-order valence-corrected chi connectivity index (χ2v) is 6.08. The van der Waals surface area contributed by atoms with E-state index in [0.29, 0.717) is 18.7 Å². The summed E-state index contributed by atoms with van der Waals surface area (Å²) in [4.78, 5) is 4.59. The Balaban J connectivity index is 1.92. The van der Waals surface area contributed by atoms with Gasteiger partial charge in [-0.05, 0) is 50.1 Å². The average molecular weight is 350 g/mol. The van der Waals surface area contributed by atoms with E-state index in [1.165, 1.54) is 0 Å². The van der Waals surface area contributed by atoms with E-state index in [9.17, 15) is 0 Å². The van der Waals surface area contributed by atoms with Crippen molar-refractivity contribution >= 4 is 5.96 Å². The number of guanidine groups is 1. The maximum absolute atomic E-state index is 8.99. The number of nitrogens with zero attached hydrogens (tertiary/aromatic N) is 2. The lowest BCUT2D eigenvalue weighted by molar-refractivity contribution is 0.222. The van der Waals surface area contributed by atoms with Gasteiger partial charge in [-0.1, -0.05) is 30.3 Å². The first-order valence-corrected chi connectivity index (χ1v) is 8.86. The second-order valence-electron chi connectivity index (χ2n) is 6.08. The molecule has 0 aliphatic heterocycles. The average Bonchev–Trinajstić information content (AvgIpc) is 2.66. The molecule has 2 aromatic carbocycles. The fraction of sp³-hybridized carbons (Fsp3) is 0.333. The molecule has 0 heterocycles. The minimum atomic E-state index is 0.00173. The summed E-state index contributed by atoms with van der Waals surface area (Å²) in [6.07, 6.45) is 0.00173. The summed E-state index contributed by atoms with van der Waals surface area (Å²) in [5.74, 6) is 1.63. The van der Waals surface area contributed by atoms with Crippen molar-refractivity contribution in [3.8, 4) is 11.8 Å². The molecular weight excluding hydrogens is 324 g/mol. The summed E-state index contributed by atoms with van der Waals surface area (Å²) >= 11 is 0. The van der Waals surface area contributed by atoms with Crippen LogP contribution in [0.1, 0.15) is 30.5 Å². The van der Waals surface area contributed by atoms with Gasteiger partial charge in [-0.2, -0.15) is 5.26 Å². The zero-order valence-electron chi connectivity index (χ0n) is 15.6. The Morgan fingerprint density at radius 2 is 2.00 bits per heavy atom. The second kappa shape index (κ2) is 10.1. The molecule has 0 saturated heterocycles. The third-order valence-electron chi connectivity index (χ3n) is 3.80. The minimum absolute atomic E-state index is 0.00173. The van der Waals surface area contributed by atoms with Gasteiger partial charge in [0.25, 0.3) is 0 Å². The summed E-state index contributed by atoms with van der Waals surface area (Å²) < 4.78 is 5.99. The van der Waals surface area contributed by atoms with Gasteiger partial charge in [-0.3, -0.25) is 0 Å². The van der Waals surface area contributed by atoms with E-state index in [4.69, 9.17) is 10.00 Å². The molecule has 0 aliphatic carbocycles. The Bertz CT molecular complexity index is 780. The van der Waals surface area contributed by atoms with E-state index in [-0.39, 0.29) is 6.10 Å². The highest BCUT2D eigenvalue weighted by molar-refractivity contribution is 5.79. The summed E-state index contributed by atoms with van der Waals surface area (Å²) in [6.45, 7) is 8.02. The van der Waals surface area contributed by atoms with Crippen LogP contribution in [0.4, 0.5) is 0 Å². The highest BCUT2D eigenvalue weighted by atomic mass is 16.5. The summed E-state index contributed by atoms with van der Waals surface area (Å²) in [5, 5.41) is 15.5. The fourth-order valence-electron chi connectivity index (χ4n) is 2.44. The molecule has 5 heteroatoms. The summed E-state index contributed by atoms with van der Waals surface area (Å²) in [7, 11) is 0. The van der Waals surface area contributed by atoms with Gasteiger partial charge in [-0.15, -0.1) is 0 Å². The van der Waals surface area contributed by atoms with Crippen LogP contribution in [0.5, 0.6) is 5.75 Å². The van der Waals surface area contributed by atoms with E-state index < -0.39 is 0 Å². The largest absolute Gasteiger partial charge is 0.489 e. The zero-order chi connectivity index (χ0) is 18.8. The van der Waals surface area contributed by atoms with Gasteiger partial charge >= 0.3 is 0 Å². The van der Waals surface area contributed by atoms with E-state index in [2.05, 4.69) is 21.7 Å². The molecule has 1 atom stereocenters. The maximum Gasteiger partial charge on any atom is 0.191 e. The number of nitrogens with one attached hydrogen (secondary N) is 2. The zero-order valence-corrected chi connectivity index (χ0v) is 15.6. The molecule has 0 aromatic heterocycles. The van der Waals surface area contributed by atoms with Gasteiger partial charge in [0.15, 0.2) is 5.96 Å². The smallest absolute Gasteiger partial charge is 0.191 e. The molecule has 0 radical (unpaired) electrons. The molecule has 136 valence electrons. The monoisotopic (exact) mass is 350 g/mol. The molecule has 0 saturated carbocycles. The molecule has 0 aliphatic rings. The third-order valence-corrected chi connectivity index (χ3v) is 3.80. The molecule has 5 nitrogen and oxygen atoms in total. The van der Waals surface area contributed by atoms with Crippen LogP contribution in [0, 0.1) is 18.3 Å². The van der Waals surface area contributed by atoms with Crippen LogP contribution in [0.2, 0.25) is 0 Å². The lowest BCUT2D eigenvalue weighted by atomic mass is 10.1. The molecule has 2 aromatic rings. The van der Waals surface area contributed by atoms with Gasteiger partial charge in [0.1, 0.15) is 11.9 Å². The molecule has 0 bridgehead atoms. The number of aryl methyl sites for hydroxylation is 1. The van der Waals surface area contributed by atoms with Gasteiger partial charge in [0.05, 0.1) is 24.7 Å². The molecule has 0 spiro atoms. The standard InChI is InChI=1S/C21H26N4O/c1-4-23-21(25-15-19-10-7-9-18(12-19)13-22)24-14-17(3)26-20-11-6-5-8-16(20)2/h5-12,17H,4,14-15H2,1-3H3,(H2,23,24,25). The Labute approximate surface area is 155 Å². The molecule has 26 heavy (non-hydrogen) atoms. The first-order valence-electron chi connectivity index (χ1n) is 8.86. The van der Waals surface area contributed by atoms with Crippen molar-refractivity contribution < 1.29 is 4.74 Å². The number of rotatable bonds is 7. The lowest BCUT2D eigenvalue weighted by Crippen LogP contribution is -2.41. The minimum Gasteiger partial charge on any atom is -0.489 e. The SMILES string of the molecule is CCNC(=NCc1cccc(C#N)c1)NCC(C)Oc1ccccc1C. The third kappa shape index (κ3) is 6.14. The van der Waals surface area contributed by atoms with E-state index in [0.717, 1.165) is 29.4 Å². The Morgan fingerprint density at radius 3 is 2.73 bits per heavy atom. The van der Waals surface area contributed by atoms with Crippen molar-refractivity contribution in [1.29, 1.82) is 5.26 Å². The molecule has 2 N–H and O–H groups in total. The van der Waals surface area contributed by atoms with E-state index >= 15 is 0 Å². The van der Waals surface area contributed by atoms with Crippen molar-refractivity contribution in [2.45, 2.75) is 33.4 Å². The predicted octanol–water partition coefficient (Wildman–Crippen LogP) is 3.39. The van der Waals surface area contributed by atoms with Crippen LogP contribution >= 0.6 is 0 Å². The van der Waals surface area contributed by atoms with Crippen LogP contribution in [-0.2, 0) is 6.54 Å². The molecular formula is C21H26N4O. The van der Waals surface area contributed by atoms with Crippen molar-refractivity contribution in [3.05, 3.63) is 65.2 Å². The van der Waals surface area contributed by atoms with Crippen LogP contribution in [0.25, 0.3) is 0 Å². The fourth-order valence-corrected chi connectivity index (χ4v) is 2.44. The Hall–Kier alpha value is -3.00. The quantitative estimate of drug-likeness (QED) is 0.593. The predicted molar refractivity (Wildman–Crippen MR) is 105 cm³/mol. The first-order chi connectivity index (χ1) is 12.6. The lowest BCUT2D eigenvalue weighted by Gasteiger charge is -2.18. The van der Waals surface area contributed by atoms with Gasteiger partial charge < -0.3 is 15.4 Å².